The summed E-state index contributed by atoms with van der Waals surface area (Å²) in [7, 11) is 0. The minimum Gasteiger partial charge on any atom is -0.309 e. The molecule has 0 aliphatic rings. The predicted molar refractivity (Wildman–Crippen MR) is 540 cm³/mol. The van der Waals surface area contributed by atoms with Crippen LogP contribution < -0.4 is 0 Å². The Labute approximate surface area is 753 Å². The zero-order valence-electron chi connectivity index (χ0n) is 72.7. The van der Waals surface area contributed by atoms with E-state index >= 15 is 0 Å². The van der Waals surface area contributed by atoms with Crippen molar-refractivity contribution < 1.29 is 0 Å². The lowest BCUT2D eigenvalue weighted by Crippen LogP contribution is -2.04. The standard InChI is InChI=1S/2C60H43N5/c1-38-33-39(2)57(40(3)34-38)45-28-31-50-48-24-14-16-26-53(48)65(56(50)37-45)54-32-29-43(44-27-30-49-47-23-13-15-25-52(47)64(55(49)36-44)46-21-11-6-12-22-46)35-51(54)60-62-58(41-17-7-4-8-18-41)61-59(63-60)42-19-9-5-10-20-42;1-38-33-39(2)57(40(3)34-38)45-29-32-54-50(36-45)48-24-14-16-26-53(48)65(54)55-31-28-43(44-27-30-49-47-23-13-15-25-52(47)64(56(49)37-44)46-21-11-6-12-22-46)35-51(55)60-62-58(41-17-7-4-8-18-41)61-59(63-60)42-19-9-5-10-20-42/h2*4-37H,1-3H3. The van der Waals surface area contributed by atoms with E-state index in [2.05, 4.69) is 400 Å². The zero-order valence-corrected chi connectivity index (χ0v) is 72.7. The van der Waals surface area contributed by atoms with Crippen molar-refractivity contribution in [3.05, 3.63) is 446 Å². The molecule has 18 aromatic carbocycles. The Hall–Kier alpha value is -16.8. The number of hydrogen-bond donors (Lipinski definition) is 0. The van der Waals surface area contributed by atoms with Crippen LogP contribution in [0.2, 0.25) is 0 Å². The van der Waals surface area contributed by atoms with Crippen LogP contribution >= 0.6 is 0 Å². The van der Waals surface area contributed by atoms with E-state index in [4.69, 9.17) is 29.9 Å². The van der Waals surface area contributed by atoms with Gasteiger partial charge in [-0.3, -0.25) is 0 Å². The summed E-state index contributed by atoms with van der Waals surface area (Å²) in [5.74, 6) is 3.68. The van der Waals surface area contributed by atoms with Crippen LogP contribution in [-0.4, -0.2) is 48.2 Å². The van der Waals surface area contributed by atoms with Crippen molar-refractivity contribution in [1.29, 1.82) is 0 Å². The summed E-state index contributed by atoms with van der Waals surface area (Å²) in [6, 6.07) is 147. The molecule has 24 aromatic rings. The van der Waals surface area contributed by atoms with Crippen LogP contribution in [0.3, 0.4) is 0 Å². The van der Waals surface area contributed by atoms with Crippen LogP contribution in [0, 0.1) is 41.5 Å². The highest BCUT2D eigenvalue weighted by atomic mass is 15.1. The Morgan fingerprint density at radius 1 is 0.162 bits per heavy atom. The average Bonchev–Trinajstić information content (AvgIpc) is 1.53. The molecule has 0 spiro atoms. The smallest absolute Gasteiger partial charge is 0.166 e. The van der Waals surface area contributed by atoms with Crippen LogP contribution in [0.4, 0.5) is 0 Å². The number of para-hydroxylation sites is 6. The van der Waals surface area contributed by atoms with E-state index in [-0.39, 0.29) is 0 Å². The van der Waals surface area contributed by atoms with Crippen molar-refractivity contribution in [3.8, 4) is 136 Å². The molecule has 0 saturated carbocycles. The fourth-order valence-electron chi connectivity index (χ4n) is 20.1. The number of nitrogens with zero attached hydrogens (tertiary/aromatic N) is 10. The van der Waals surface area contributed by atoms with Gasteiger partial charge in [0.2, 0.25) is 0 Å². The second kappa shape index (κ2) is 32.3. The van der Waals surface area contributed by atoms with E-state index in [0.29, 0.717) is 34.9 Å². The van der Waals surface area contributed by atoms with Gasteiger partial charge in [0.25, 0.3) is 0 Å². The van der Waals surface area contributed by atoms with Crippen LogP contribution in [0.5, 0.6) is 0 Å². The van der Waals surface area contributed by atoms with Crippen molar-refractivity contribution in [2.45, 2.75) is 41.5 Å². The molecule has 0 aliphatic carbocycles. The molecule has 130 heavy (non-hydrogen) atoms. The molecule has 0 unspecified atom stereocenters. The number of fused-ring (bicyclic) bond motifs is 12. The van der Waals surface area contributed by atoms with Gasteiger partial charge in [-0.25, -0.2) is 29.9 Å². The quantitative estimate of drug-likeness (QED) is 0.108. The van der Waals surface area contributed by atoms with E-state index in [0.717, 1.165) is 111 Å². The van der Waals surface area contributed by atoms with Crippen molar-refractivity contribution >= 4 is 87.2 Å². The summed E-state index contributed by atoms with van der Waals surface area (Å²) >= 11 is 0. The van der Waals surface area contributed by atoms with Crippen molar-refractivity contribution in [2.75, 3.05) is 0 Å². The molecule has 0 aliphatic heterocycles. The van der Waals surface area contributed by atoms with Crippen LogP contribution in [0.25, 0.3) is 223 Å². The largest absolute Gasteiger partial charge is 0.309 e. The number of aromatic nitrogens is 10. The molecule has 0 N–H and O–H groups in total. The first-order valence-corrected chi connectivity index (χ1v) is 44.4. The Morgan fingerprint density at radius 2 is 0.408 bits per heavy atom. The Morgan fingerprint density at radius 3 is 0.777 bits per heavy atom. The van der Waals surface area contributed by atoms with Gasteiger partial charge >= 0.3 is 0 Å². The van der Waals surface area contributed by atoms with Gasteiger partial charge in [-0.05, 0) is 211 Å². The summed E-state index contributed by atoms with van der Waals surface area (Å²) in [5, 5.41) is 9.62. The Balaban J connectivity index is 0.000000148. The number of aryl methyl sites for hydroxylation is 6. The van der Waals surface area contributed by atoms with E-state index < -0.39 is 0 Å². The normalized spacial score (nSPS) is 11.6. The predicted octanol–water partition coefficient (Wildman–Crippen LogP) is 30.7. The third kappa shape index (κ3) is 13.8. The fraction of sp³-hybridized carbons (Fsp3) is 0.0500. The second-order valence-corrected chi connectivity index (χ2v) is 34.1. The molecule has 0 atom stereocenters. The first-order valence-electron chi connectivity index (χ1n) is 44.4. The molecule has 0 amide bonds. The van der Waals surface area contributed by atoms with E-state index in [1.165, 1.54) is 110 Å². The summed E-state index contributed by atoms with van der Waals surface area (Å²) in [4.78, 5) is 31.6. The first kappa shape index (κ1) is 77.9. The van der Waals surface area contributed by atoms with Gasteiger partial charge in [0, 0.05) is 87.8 Å². The van der Waals surface area contributed by atoms with E-state index in [9.17, 15) is 0 Å². The van der Waals surface area contributed by atoms with Gasteiger partial charge < -0.3 is 18.3 Å². The van der Waals surface area contributed by atoms with Crippen LogP contribution in [0.15, 0.2) is 413 Å². The third-order valence-corrected chi connectivity index (χ3v) is 25.7. The molecule has 10 heteroatoms. The highest BCUT2D eigenvalue weighted by Gasteiger charge is 2.27. The SMILES string of the molecule is Cc1cc(C)c(-c2ccc3c(c2)c2ccccc2n3-c2ccc(-c3ccc4c5ccccc5n(-c5ccccc5)c4c3)cc2-c2nc(-c3ccccc3)nc(-c3ccccc3)n2)c(C)c1.Cc1cc(C)c(-c2ccc3c4ccccc4n(-c4ccc(-c5ccc6c7ccccc7n(-c7ccccc7)c6c5)cc4-c4nc(-c5ccccc5)nc(-c5ccccc5)n4)c3c2)c(C)c1. The molecular formula is C120H86N10. The van der Waals surface area contributed by atoms with Crippen LogP contribution in [0.1, 0.15) is 33.4 Å². The Bertz CT molecular complexity index is 8410. The van der Waals surface area contributed by atoms with Crippen molar-refractivity contribution in [2.24, 2.45) is 0 Å². The van der Waals surface area contributed by atoms with Gasteiger partial charge in [0.15, 0.2) is 34.9 Å². The first-order chi connectivity index (χ1) is 63.9. The van der Waals surface area contributed by atoms with Gasteiger partial charge in [-0.15, -0.1) is 0 Å². The lowest BCUT2D eigenvalue weighted by atomic mass is 9.93. The fourth-order valence-corrected chi connectivity index (χ4v) is 20.1. The third-order valence-electron chi connectivity index (χ3n) is 25.7. The molecule has 0 bridgehead atoms. The van der Waals surface area contributed by atoms with E-state index in [1.54, 1.807) is 0 Å². The maximum Gasteiger partial charge on any atom is 0.166 e. The van der Waals surface area contributed by atoms with Gasteiger partial charge in [0.1, 0.15) is 0 Å². The van der Waals surface area contributed by atoms with Crippen molar-refractivity contribution in [3.63, 3.8) is 0 Å². The minimum atomic E-state index is 0.598. The summed E-state index contributed by atoms with van der Waals surface area (Å²) in [5.41, 5.74) is 35.8. The topological polar surface area (TPSA) is 97.1 Å². The maximum absolute atomic E-state index is 5.35. The molecule has 6 aromatic heterocycles. The monoisotopic (exact) mass is 1670 g/mol. The average molecular weight is 1670 g/mol. The maximum atomic E-state index is 5.35. The Kier molecular flexibility index (Phi) is 19.4. The highest BCUT2D eigenvalue weighted by Crippen LogP contribution is 2.46. The number of benzene rings is 18. The van der Waals surface area contributed by atoms with Crippen LogP contribution in [-0.2, 0) is 0 Å². The molecule has 0 fully saturated rings. The molecule has 10 nitrogen and oxygen atoms in total. The highest BCUT2D eigenvalue weighted by molar-refractivity contribution is 6.15. The summed E-state index contributed by atoms with van der Waals surface area (Å²) in [6.45, 7) is 13.2. The number of rotatable bonds is 14. The molecule has 0 radical (unpaired) electrons. The van der Waals surface area contributed by atoms with Crippen molar-refractivity contribution in [1.82, 2.24) is 48.2 Å². The molecule has 616 valence electrons. The second-order valence-electron chi connectivity index (χ2n) is 34.1. The van der Waals surface area contributed by atoms with E-state index in [1.807, 2.05) is 72.8 Å². The van der Waals surface area contributed by atoms with Gasteiger partial charge in [-0.1, -0.05) is 321 Å². The zero-order chi connectivity index (χ0) is 87.2. The lowest BCUT2D eigenvalue weighted by Gasteiger charge is -2.17. The molecule has 0 saturated heterocycles. The molecular weight excluding hydrogens is 1580 g/mol. The number of hydrogen-bond acceptors (Lipinski definition) is 6. The molecule has 24 rings (SSSR count). The summed E-state index contributed by atoms with van der Waals surface area (Å²) in [6.07, 6.45) is 0. The molecule has 6 heterocycles. The minimum absolute atomic E-state index is 0.598. The summed E-state index contributed by atoms with van der Waals surface area (Å²) < 4.78 is 9.56. The van der Waals surface area contributed by atoms with Gasteiger partial charge in [-0.2, -0.15) is 0 Å². The lowest BCUT2D eigenvalue weighted by molar-refractivity contribution is 1.06. The van der Waals surface area contributed by atoms with Gasteiger partial charge in [0.05, 0.1) is 55.5 Å².